The van der Waals surface area contributed by atoms with E-state index in [9.17, 15) is 17.2 Å². The number of aromatic nitrogens is 2. The molecule has 0 aliphatic rings. The average molecular weight is 302 g/mol. The third-order valence-electron chi connectivity index (χ3n) is 2.60. The van der Waals surface area contributed by atoms with Crippen molar-refractivity contribution in [2.45, 2.75) is 11.4 Å². The number of hydrogen-bond acceptors (Lipinski definition) is 4. The lowest BCUT2D eigenvalue weighted by Crippen LogP contribution is -2.17. The molecule has 1 aromatic heterocycles. The Morgan fingerprint density at radius 2 is 2.05 bits per heavy atom. The molecular weight excluding hydrogens is 290 g/mol. The van der Waals surface area contributed by atoms with Gasteiger partial charge in [0.05, 0.1) is 0 Å². The quantitative estimate of drug-likeness (QED) is 0.880. The maximum Gasteiger partial charge on any atom is 0.266 e. The molecule has 6 nitrogen and oxygen atoms in total. The molecule has 0 spiro atoms. The third kappa shape index (κ3) is 2.63. The number of aryl methyl sites for hydroxylation is 1. The Balaban J connectivity index is 2.44. The normalized spacial score (nSPS) is 11.6. The Morgan fingerprint density at radius 1 is 1.35 bits per heavy atom. The molecule has 0 saturated carbocycles. The second kappa shape index (κ2) is 5.17. The summed E-state index contributed by atoms with van der Waals surface area (Å²) in [6.07, 6.45) is 1.52. The number of benzene rings is 1. The summed E-state index contributed by atoms with van der Waals surface area (Å²) in [6.45, 7) is -0.440. The van der Waals surface area contributed by atoms with Crippen LogP contribution in [0.15, 0.2) is 29.3 Å². The molecule has 0 amide bonds. The van der Waals surface area contributed by atoms with Crippen LogP contribution >= 0.6 is 0 Å². The molecule has 0 radical (unpaired) electrons. The lowest BCUT2D eigenvalue weighted by atomic mass is 10.2. The number of nitrogens with zero attached hydrogens (tertiary/aromatic N) is 2. The average Bonchev–Trinajstić information content (AvgIpc) is 2.74. The molecule has 0 fully saturated rings. The van der Waals surface area contributed by atoms with Gasteiger partial charge in [-0.3, -0.25) is 9.40 Å². The summed E-state index contributed by atoms with van der Waals surface area (Å²) in [5.41, 5.74) is 4.73. The lowest BCUT2D eigenvalue weighted by molar-refractivity contribution is 0.530. The van der Waals surface area contributed by atoms with Crippen LogP contribution in [0.1, 0.15) is 5.56 Å². The second-order valence-electron chi connectivity index (χ2n) is 4.02. The van der Waals surface area contributed by atoms with Gasteiger partial charge in [-0.15, -0.1) is 0 Å². The predicted octanol–water partition coefficient (Wildman–Crippen LogP) is 0.958. The highest BCUT2D eigenvalue weighted by molar-refractivity contribution is 7.92. The number of halogens is 2. The molecule has 3 N–H and O–H groups in total. The number of sulfonamides is 1. The van der Waals surface area contributed by atoms with Crippen LogP contribution in [-0.4, -0.2) is 18.2 Å². The molecule has 0 atom stereocenters. The van der Waals surface area contributed by atoms with Crippen LogP contribution in [0.4, 0.5) is 14.6 Å². The van der Waals surface area contributed by atoms with Crippen molar-refractivity contribution in [1.82, 2.24) is 9.78 Å². The summed E-state index contributed by atoms with van der Waals surface area (Å²) < 4.78 is 54.8. The van der Waals surface area contributed by atoms with Crippen molar-refractivity contribution >= 4 is 15.8 Å². The molecule has 108 valence electrons. The van der Waals surface area contributed by atoms with Crippen molar-refractivity contribution in [3.63, 3.8) is 0 Å². The Bertz CT molecular complexity index is 743. The molecule has 2 aromatic rings. The maximum atomic E-state index is 14.0. The van der Waals surface area contributed by atoms with Gasteiger partial charge >= 0.3 is 0 Å². The van der Waals surface area contributed by atoms with Gasteiger partial charge in [-0.05, 0) is 12.1 Å². The molecule has 0 aliphatic heterocycles. The first kappa shape index (κ1) is 14.4. The van der Waals surface area contributed by atoms with Gasteiger partial charge < -0.3 is 5.73 Å². The molecule has 2 rings (SSSR count). The highest BCUT2D eigenvalue weighted by Gasteiger charge is 2.23. The zero-order chi connectivity index (χ0) is 14.9. The van der Waals surface area contributed by atoms with Gasteiger partial charge in [0.25, 0.3) is 10.0 Å². The first-order valence-electron chi connectivity index (χ1n) is 5.54. The lowest BCUT2D eigenvalue weighted by Gasteiger charge is -2.09. The van der Waals surface area contributed by atoms with Gasteiger partial charge in [0.2, 0.25) is 0 Å². The highest BCUT2D eigenvalue weighted by atomic mass is 32.2. The Labute approximate surface area is 114 Å². The molecule has 0 unspecified atom stereocenters. The van der Waals surface area contributed by atoms with Crippen molar-refractivity contribution in [3.8, 4) is 0 Å². The topological polar surface area (TPSA) is 90.0 Å². The minimum absolute atomic E-state index is 0.0329. The van der Waals surface area contributed by atoms with E-state index in [0.29, 0.717) is 0 Å². The van der Waals surface area contributed by atoms with Gasteiger partial charge in [0, 0.05) is 31.4 Å². The Morgan fingerprint density at radius 3 is 2.60 bits per heavy atom. The number of nitrogens with one attached hydrogen (secondary N) is 1. The zero-order valence-electron chi connectivity index (χ0n) is 10.5. The van der Waals surface area contributed by atoms with Crippen molar-refractivity contribution in [1.29, 1.82) is 0 Å². The van der Waals surface area contributed by atoms with Gasteiger partial charge in [-0.1, -0.05) is 0 Å². The molecule has 9 heteroatoms. The first-order valence-corrected chi connectivity index (χ1v) is 7.03. The number of nitrogens with two attached hydrogens (primary N) is 1. The van der Waals surface area contributed by atoms with Crippen LogP contribution in [0.5, 0.6) is 0 Å². The number of rotatable bonds is 4. The molecule has 0 aliphatic carbocycles. The summed E-state index contributed by atoms with van der Waals surface area (Å²) >= 11 is 0. The van der Waals surface area contributed by atoms with E-state index in [-0.39, 0.29) is 5.82 Å². The van der Waals surface area contributed by atoms with Crippen molar-refractivity contribution in [2.75, 3.05) is 4.72 Å². The summed E-state index contributed by atoms with van der Waals surface area (Å²) in [7, 11) is -2.60. The van der Waals surface area contributed by atoms with E-state index in [1.165, 1.54) is 16.9 Å². The van der Waals surface area contributed by atoms with E-state index in [1.54, 1.807) is 7.05 Å². The smallest absolute Gasteiger partial charge is 0.266 e. The standard InChI is InChI=1S/C11H12F2N4O2S/c1-17-5-4-10(15-17)16-20(18,19)9-3-2-8(12)7(6-14)11(9)13/h2-5H,6,14H2,1H3,(H,15,16). The van der Waals surface area contributed by atoms with Crippen LogP contribution in [0.2, 0.25) is 0 Å². The predicted molar refractivity (Wildman–Crippen MR) is 68.3 cm³/mol. The number of anilines is 1. The first-order chi connectivity index (χ1) is 9.35. The molecule has 0 saturated heterocycles. The van der Waals surface area contributed by atoms with Crippen LogP contribution in [0.25, 0.3) is 0 Å². The largest absolute Gasteiger partial charge is 0.326 e. The minimum Gasteiger partial charge on any atom is -0.326 e. The monoisotopic (exact) mass is 302 g/mol. The summed E-state index contributed by atoms with van der Waals surface area (Å²) in [5, 5.41) is 3.82. The SMILES string of the molecule is Cn1ccc(NS(=O)(=O)c2ccc(F)c(CN)c2F)n1. The molecule has 1 heterocycles. The molecule has 20 heavy (non-hydrogen) atoms. The van der Waals surface area contributed by atoms with Gasteiger partial charge in [0.1, 0.15) is 10.7 Å². The van der Waals surface area contributed by atoms with Crippen LogP contribution < -0.4 is 10.5 Å². The fourth-order valence-electron chi connectivity index (χ4n) is 1.63. The van der Waals surface area contributed by atoms with E-state index in [1.807, 2.05) is 0 Å². The molecule has 0 bridgehead atoms. The zero-order valence-corrected chi connectivity index (χ0v) is 11.3. The van der Waals surface area contributed by atoms with Crippen LogP contribution in [0.3, 0.4) is 0 Å². The van der Waals surface area contributed by atoms with E-state index >= 15 is 0 Å². The van der Waals surface area contributed by atoms with Gasteiger partial charge in [-0.25, -0.2) is 17.2 Å². The third-order valence-corrected chi connectivity index (χ3v) is 3.97. The van der Waals surface area contributed by atoms with Crippen molar-refractivity contribution in [3.05, 3.63) is 41.6 Å². The fourth-order valence-corrected chi connectivity index (χ4v) is 2.73. The van der Waals surface area contributed by atoms with E-state index in [2.05, 4.69) is 9.82 Å². The van der Waals surface area contributed by atoms with Crippen LogP contribution in [0, 0.1) is 11.6 Å². The van der Waals surface area contributed by atoms with E-state index in [4.69, 9.17) is 5.73 Å². The fraction of sp³-hybridized carbons (Fsp3) is 0.182. The molecule has 1 aromatic carbocycles. The van der Waals surface area contributed by atoms with Crippen molar-refractivity contribution < 1.29 is 17.2 Å². The van der Waals surface area contributed by atoms with E-state index < -0.39 is 38.7 Å². The summed E-state index contributed by atoms with van der Waals surface area (Å²) in [6, 6.07) is 3.11. The Kier molecular flexibility index (Phi) is 3.73. The number of hydrogen-bond donors (Lipinski definition) is 2. The van der Waals surface area contributed by atoms with Gasteiger partial charge in [-0.2, -0.15) is 5.10 Å². The summed E-state index contributed by atoms with van der Waals surface area (Å²) in [5.74, 6) is -2.05. The minimum atomic E-state index is -4.20. The molecular formula is C11H12F2N4O2S. The van der Waals surface area contributed by atoms with Gasteiger partial charge in [0.15, 0.2) is 11.6 Å². The summed E-state index contributed by atoms with van der Waals surface area (Å²) in [4.78, 5) is -0.676. The second-order valence-corrected chi connectivity index (χ2v) is 5.67. The highest BCUT2D eigenvalue weighted by Crippen LogP contribution is 2.22. The van der Waals surface area contributed by atoms with E-state index in [0.717, 1.165) is 12.1 Å². The van der Waals surface area contributed by atoms with Crippen LogP contribution in [-0.2, 0) is 23.6 Å². The van der Waals surface area contributed by atoms with Crippen molar-refractivity contribution in [2.24, 2.45) is 12.8 Å². The Hall–Kier alpha value is -2.00. The maximum absolute atomic E-state index is 14.0.